The first-order chi connectivity index (χ1) is 9.08. The number of rotatable bonds is 2. The van der Waals surface area contributed by atoms with E-state index in [1.165, 1.54) is 0 Å². The highest BCUT2D eigenvalue weighted by Gasteiger charge is 2.16. The Balaban J connectivity index is 2.23. The van der Waals surface area contributed by atoms with Gasteiger partial charge in [-0.3, -0.25) is 0 Å². The van der Waals surface area contributed by atoms with Gasteiger partial charge in [-0.25, -0.2) is 0 Å². The van der Waals surface area contributed by atoms with Crippen LogP contribution in [0, 0.1) is 11.7 Å². The smallest absolute Gasteiger partial charge is 0.178 e. The van der Waals surface area contributed by atoms with Crippen molar-refractivity contribution in [3.63, 3.8) is 0 Å². The third-order valence-electron chi connectivity index (χ3n) is 3.26. The fourth-order valence-corrected chi connectivity index (χ4v) is 2.88. The second-order valence-electron chi connectivity index (χ2n) is 4.56. The molecule has 0 amide bonds. The monoisotopic (exact) mass is 292 g/mol. The highest BCUT2D eigenvalue weighted by Crippen LogP contribution is 2.28. The third-order valence-corrected chi connectivity index (χ3v) is 3.88. The SMILES string of the molecule is Cc1ccc(C(C)n2c(=S)[nH]c3c(Cl)cccc32)o1. The van der Waals surface area contributed by atoms with Gasteiger partial charge in [0, 0.05) is 0 Å². The van der Waals surface area contributed by atoms with Crippen molar-refractivity contribution < 1.29 is 4.42 Å². The molecule has 5 heteroatoms. The zero-order valence-corrected chi connectivity index (χ0v) is 12.2. The van der Waals surface area contributed by atoms with E-state index in [1.54, 1.807) is 0 Å². The van der Waals surface area contributed by atoms with Crippen LogP contribution in [0.5, 0.6) is 0 Å². The van der Waals surface area contributed by atoms with Crippen LogP contribution in [0.2, 0.25) is 5.02 Å². The predicted octanol–water partition coefficient (Wildman–Crippen LogP) is 4.86. The summed E-state index contributed by atoms with van der Waals surface area (Å²) in [6, 6.07) is 9.72. The lowest BCUT2D eigenvalue weighted by Crippen LogP contribution is -2.05. The number of aromatic nitrogens is 2. The number of aromatic amines is 1. The van der Waals surface area contributed by atoms with Crippen molar-refractivity contribution in [2.24, 2.45) is 0 Å². The molecular weight excluding hydrogens is 280 g/mol. The fourth-order valence-electron chi connectivity index (χ4n) is 2.30. The Labute approximate surface area is 120 Å². The first-order valence-corrected chi connectivity index (χ1v) is 6.81. The normalized spacial score (nSPS) is 13.0. The number of fused-ring (bicyclic) bond motifs is 1. The molecule has 3 rings (SSSR count). The Kier molecular flexibility index (Phi) is 2.99. The molecule has 19 heavy (non-hydrogen) atoms. The lowest BCUT2D eigenvalue weighted by molar-refractivity contribution is 0.431. The van der Waals surface area contributed by atoms with E-state index in [4.69, 9.17) is 28.2 Å². The Morgan fingerprint density at radius 1 is 1.32 bits per heavy atom. The standard InChI is InChI=1S/C14H13ClN2OS/c1-8-6-7-12(18-8)9(2)17-11-5-3-4-10(15)13(11)16-14(17)19/h3-7,9H,1-2H3,(H,16,19). The maximum absolute atomic E-state index is 6.18. The molecule has 0 aliphatic rings. The lowest BCUT2D eigenvalue weighted by atomic mass is 10.2. The molecule has 0 saturated carbocycles. The molecule has 0 radical (unpaired) electrons. The van der Waals surface area contributed by atoms with Gasteiger partial charge in [-0.05, 0) is 50.3 Å². The molecule has 1 atom stereocenters. The molecule has 2 aromatic heterocycles. The van der Waals surface area contributed by atoms with Gasteiger partial charge in [-0.15, -0.1) is 0 Å². The second-order valence-corrected chi connectivity index (χ2v) is 5.35. The van der Waals surface area contributed by atoms with E-state index < -0.39 is 0 Å². The topological polar surface area (TPSA) is 33.9 Å². The van der Waals surface area contributed by atoms with E-state index in [-0.39, 0.29) is 6.04 Å². The summed E-state index contributed by atoms with van der Waals surface area (Å²) in [6.07, 6.45) is 0. The highest BCUT2D eigenvalue weighted by molar-refractivity contribution is 7.71. The zero-order valence-electron chi connectivity index (χ0n) is 10.6. The van der Waals surface area contributed by atoms with Gasteiger partial charge in [-0.1, -0.05) is 17.7 Å². The Morgan fingerprint density at radius 3 is 2.79 bits per heavy atom. The third kappa shape index (κ3) is 2.01. The summed E-state index contributed by atoms with van der Waals surface area (Å²) in [4.78, 5) is 3.16. The number of nitrogens with one attached hydrogen (secondary N) is 1. The van der Waals surface area contributed by atoms with Crippen LogP contribution in [-0.2, 0) is 0 Å². The van der Waals surface area contributed by atoms with E-state index in [0.717, 1.165) is 22.6 Å². The van der Waals surface area contributed by atoms with E-state index >= 15 is 0 Å². The maximum Gasteiger partial charge on any atom is 0.178 e. The first-order valence-electron chi connectivity index (χ1n) is 6.03. The van der Waals surface area contributed by atoms with Gasteiger partial charge in [0.1, 0.15) is 11.5 Å². The Bertz CT molecular complexity index is 799. The number of furan rings is 1. The minimum Gasteiger partial charge on any atom is -0.464 e. The maximum atomic E-state index is 6.18. The number of H-pyrrole nitrogens is 1. The predicted molar refractivity (Wildman–Crippen MR) is 79.4 cm³/mol. The number of aryl methyl sites for hydroxylation is 1. The molecular formula is C14H13ClN2OS. The number of hydrogen-bond donors (Lipinski definition) is 1. The van der Waals surface area contributed by atoms with Crippen LogP contribution >= 0.6 is 23.8 Å². The Morgan fingerprint density at radius 2 is 2.11 bits per heavy atom. The number of para-hydroxylation sites is 1. The number of benzene rings is 1. The summed E-state index contributed by atoms with van der Waals surface area (Å²) >= 11 is 11.6. The van der Waals surface area contributed by atoms with Crippen LogP contribution in [0.4, 0.5) is 0 Å². The number of hydrogen-bond acceptors (Lipinski definition) is 2. The van der Waals surface area contributed by atoms with Crippen molar-refractivity contribution in [3.8, 4) is 0 Å². The summed E-state index contributed by atoms with van der Waals surface area (Å²) < 4.78 is 8.36. The molecule has 0 fully saturated rings. The van der Waals surface area contributed by atoms with Gasteiger partial charge in [0.2, 0.25) is 0 Å². The largest absolute Gasteiger partial charge is 0.464 e. The molecule has 2 heterocycles. The van der Waals surface area contributed by atoms with Crippen molar-refractivity contribution in [1.29, 1.82) is 0 Å². The molecule has 1 unspecified atom stereocenters. The molecule has 0 spiro atoms. The van der Waals surface area contributed by atoms with Crippen molar-refractivity contribution in [1.82, 2.24) is 9.55 Å². The number of halogens is 1. The average molecular weight is 293 g/mol. The summed E-state index contributed by atoms with van der Waals surface area (Å²) in [5.41, 5.74) is 1.85. The summed E-state index contributed by atoms with van der Waals surface area (Å²) in [5, 5.41) is 0.671. The van der Waals surface area contributed by atoms with Crippen molar-refractivity contribution in [2.75, 3.05) is 0 Å². The molecule has 0 saturated heterocycles. The molecule has 3 nitrogen and oxygen atoms in total. The van der Waals surface area contributed by atoms with E-state index in [0.29, 0.717) is 9.79 Å². The van der Waals surface area contributed by atoms with E-state index in [2.05, 4.69) is 11.9 Å². The average Bonchev–Trinajstić information content (AvgIpc) is 2.93. The van der Waals surface area contributed by atoms with Crippen LogP contribution < -0.4 is 0 Å². The van der Waals surface area contributed by atoms with Crippen LogP contribution in [0.15, 0.2) is 34.7 Å². The van der Waals surface area contributed by atoms with Gasteiger partial charge in [0.15, 0.2) is 4.77 Å². The van der Waals surface area contributed by atoms with Gasteiger partial charge in [-0.2, -0.15) is 0 Å². The van der Waals surface area contributed by atoms with Crippen molar-refractivity contribution in [3.05, 3.63) is 51.6 Å². The fraction of sp³-hybridized carbons (Fsp3) is 0.214. The molecule has 0 bridgehead atoms. The Hall–Kier alpha value is -1.52. The van der Waals surface area contributed by atoms with Crippen LogP contribution in [0.25, 0.3) is 11.0 Å². The lowest BCUT2D eigenvalue weighted by Gasteiger charge is -2.12. The van der Waals surface area contributed by atoms with Crippen molar-refractivity contribution in [2.45, 2.75) is 19.9 Å². The minimum absolute atomic E-state index is 0.0217. The van der Waals surface area contributed by atoms with Gasteiger partial charge in [0.05, 0.1) is 22.1 Å². The van der Waals surface area contributed by atoms with Crippen LogP contribution in [0.1, 0.15) is 24.5 Å². The second kappa shape index (κ2) is 4.54. The summed E-state index contributed by atoms with van der Waals surface area (Å²) in [5.74, 6) is 1.78. The van der Waals surface area contributed by atoms with E-state index in [1.807, 2.05) is 41.8 Å². The van der Waals surface area contributed by atoms with E-state index in [9.17, 15) is 0 Å². The minimum atomic E-state index is 0.0217. The van der Waals surface area contributed by atoms with Crippen LogP contribution in [-0.4, -0.2) is 9.55 Å². The van der Waals surface area contributed by atoms with Crippen LogP contribution in [0.3, 0.4) is 0 Å². The van der Waals surface area contributed by atoms with Crippen molar-refractivity contribution >= 4 is 34.9 Å². The molecule has 1 N–H and O–H groups in total. The molecule has 0 aliphatic heterocycles. The molecule has 3 aromatic rings. The highest BCUT2D eigenvalue weighted by atomic mass is 35.5. The quantitative estimate of drug-likeness (QED) is 0.684. The van der Waals surface area contributed by atoms with Gasteiger partial charge >= 0.3 is 0 Å². The molecule has 0 aliphatic carbocycles. The van der Waals surface area contributed by atoms with Gasteiger partial charge in [0.25, 0.3) is 0 Å². The zero-order chi connectivity index (χ0) is 13.6. The number of nitrogens with zero attached hydrogens (tertiary/aromatic N) is 1. The number of imidazole rings is 1. The van der Waals surface area contributed by atoms with Gasteiger partial charge < -0.3 is 14.0 Å². The summed E-state index contributed by atoms with van der Waals surface area (Å²) in [7, 11) is 0. The molecule has 1 aromatic carbocycles. The summed E-state index contributed by atoms with van der Waals surface area (Å²) in [6.45, 7) is 3.99. The molecule has 98 valence electrons. The first kappa shape index (κ1) is 12.5.